The number of rotatable bonds is 4. The van der Waals surface area contributed by atoms with Gasteiger partial charge >= 0.3 is 0 Å². The molecule has 10 aromatic rings. The van der Waals surface area contributed by atoms with Gasteiger partial charge < -0.3 is 0 Å². The Morgan fingerprint density at radius 1 is 0.200 bits per heavy atom. The Kier molecular flexibility index (Phi) is 6.60. The van der Waals surface area contributed by atoms with Gasteiger partial charge in [-0.15, -0.1) is 0 Å². The lowest BCUT2D eigenvalue weighted by molar-refractivity contribution is 1.62. The fourth-order valence-corrected chi connectivity index (χ4v) is 8.11. The van der Waals surface area contributed by atoms with E-state index < -0.39 is 0 Å². The molecule has 10 aromatic carbocycles. The van der Waals surface area contributed by atoms with Gasteiger partial charge in [0.2, 0.25) is 0 Å². The summed E-state index contributed by atoms with van der Waals surface area (Å²) in [5.74, 6) is 0. The topological polar surface area (TPSA) is 0 Å². The van der Waals surface area contributed by atoms with E-state index in [0.717, 1.165) is 0 Å². The summed E-state index contributed by atoms with van der Waals surface area (Å²) in [6.07, 6.45) is 0. The first-order valence-electron chi connectivity index (χ1n) is 17.3. The number of hydrogen-bond donors (Lipinski definition) is 0. The summed E-state index contributed by atoms with van der Waals surface area (Å²) in [6.45, 7) is 0. The largest absolute Gasteiger partial charge is 0.0616 e. The van der Waals surface area contributed by atoms with Crippen LogP contribution in [0.4, 0.5) is 0 Å². The maximum absolute atomic E-state index is 2.38. The molecular weight excluding hydrogens is 601 g/mol. The summed E-state index contributed by atoms with van der Waals surface area (Å²) < 4.78 is 0. The van der Waals surface area contributed by atoms with E-state index in [4.69, 9.17) is 0 Å². The van der Waals surface area contributed by atoms with Crippen molar-refractivity contribution >= 4 is 53.9 Å². The second-order valence-corrected chi connectivity index (χ2v) is 13.3. The zero-order valence-corrected chi connectivity index (χ0v) is 27.5. The van der Waals surface area contributed by atoms with Crippen LogP contribution in [-0.2, 0) is 0 Å². The first kappa shape index (κ1) is 28.5. The van der Waals surface area contributed by atoms with E-state index in [1.807, 2.05) is 0 Å². The Morgan fingerprint density at radius 3 is 1.24 bits per heavy atom. The number of hydrogen-bond acceptors (Lipinski definition) is 0. The van der Waals surface area contributed by atoms with Crippen molar-refractivity contribution in [1.29, 1.82) is 0 Å². The van der Waals surface area contributed by atoms with Crippen LogP contribution in [0, 0.1) is 0 Å². The Labute approximate surface area is 291 Å². The smallest absolute Gasteiger partial charge is 0.00262 e. The lowest BCUT2D eigenvalue weighted by Gasteiger charge is -2.19. The van der Waals surface area contributed by atoms with Gasteiger partial charge in [-0.05, 0) is 117 Å². The summed E-state index contributed by atoms with van der Waals surface area (Å²) in [7, 11) is 0. The maximum atomic E-state index is 2.38. The molecule has 0 aliphatic rings. The minimum absolute atomic E-state index is 1.22. The van der Waals surface area contributed by atoms with Crippen LogP contribution in [0.5, 0.6) is 0 Å². The zero-order chi connectivity index (χ0) is 33.0. The lowest BCUT2D eigenvalue weighted by Crippen LogP contribution is -1.92. The van der Waals surface area contributed by atoms with Gasteiger partial charge in [-0.2, -0.15) is 0 Å². The molecule has 0 fully saturated rings. The third-order valence-corrected chi connectivity index (χ3v) is 10.4. The van der Waals surface area contributed by atoms with Gasteiger partial charge in [0.05, 0.1) is 0 Å². The quantitative estimate of drug-likeness (QED) is 0.134. The summed E-state index contributed by atoms with van der Waals surface area (Å²) >= 11 is 0. The van der Waals surface area contributed by atoms with Crippen LogP contribution >= 0.6 is 0 Å². The van der Waals surface area contributed by atoms with E-state index in [1.54, 1.807) is 0 Å². The van der Waals surface area contributed by atoms with Crippen LogP contribution in [-0.4, -0.2) is 0 Å². The molecule has 0 nitrogen and oxygen atoms in total. The summed E-state index contributed by atoms with van der Waals surface area (Å²) in [5.41, 5.74) is 9.94. The molecule has 0 saturated heterocycles. The highest BCUT2D eigenvalue weighted by Gasteiger charge is 2.18. The Morgan fingerprint density at radius 2 is 0.600 bits per heavy atom. The Balaban J connectivity index is 1.17. The van der Waals surface area contributed by atoms with E-state index in [1.165, 1.54) is 98.4 Å². The molecule has 0 atom stereocenters. The number of fused-ring (bicyclic) bond motifs is 6. The van der Waals surface area contributed by atoms with Crippen LogP contribution in [0.2, 0.25) is 0 Å². The molecule has 10 rings (SSSR count). The second-order valence-electron chi connectivity index (χ2n) is 13.3. The van der Waals surface area contributed by atoms with Crippen molar-refractivity contribution in [3.8, 4) is 44.5 Å². The summed E-state index contributed by atoms with van der Waals surface area (Å²) in [4.78, 5) is 0. The predicted octanol–water partition coefficient (Wildman–Crippen LogP) is 14.1. The average Bonchev–Trinajstić information content (AvgIpc) is 3.19. The minimum Gasteiger partial charge on any atom is -0.0616 e. The van der Waals surface area contributed by atoms with Crippen molar-refractivity contribution < 1.29 is 0 Å². The van der Waals surface area contributed by atoms with Gasteiger partial charge in [-0.3, -0.25) is 0 Å². The second kappa shape index (κ2) is 11.6. The van der Waals surface area contributed by atoms with E-state index in [2.05, 4.69) is 194 Å². The molecule has 0 spiro atoms. The van der Waals surface area contributed by atoms with Crippen LogP contribution in [0.1, 0.15) is 0 Å². The molecule has 0 N–H and O–H groups in total. The fourth-order valence-electron chi connectivity index (χ4n) is 8.11. The zero-order valence-electron chi connectivity index (χ0n) is 27.5. The predicted molar refractivity (Wildman–Crippen MR) is 216 cm³/mol. The molecule has 0 heterocycles. The first-order valence-corrected chi connectivity index (χ1v) is 17.3. The van der Waals surface area contributed by atoms with Crippen molar-refractivity contribution in [1.82, 2.24) is 0 Å². The molecule has 0 bridgehead atoms. The van der Waals surface area contributed by atoms with Gasteiger partial charge in [0.25, 0.3) is 0 Å². The van der Waals surface area contributed by atoms with Crippen LogP contribution in [0.25, 0.3) is 98.4 Å². The number of benzene rings is 10. The Bertz CT molecular complexity index is 2860. The van der Waals surface area contributed by atoms with Crippen molar-refractivity contribution in [2.45, 2.75) is 0 Å². The molecule has 0 amide bonds. The normalized spacial score (nSPS) is 11.6. The van der Waals surface area contributed by atoms with Crippen LogP contribution in [0.15, 0.2) is 194 Å². The van der Waals surface area contributed by atoms with Gasteiger partial charge in [0.1, 0.15) is 0 Å². The van der Waals surface area contributed by atoms with E-state index in [9.17, 15) is 0 Å². The molecule has 0 saturated carbocycles. The molecule has 0 aliphatic heterocycles. The maximum Gasteiger partial charge on any atom is -0.00262 e. The highest BCUT2D eigenvalue weighted by Crippen LogP contribution is 2.45. The van der Waals surface area contributed by atoms with Crippen LogP contribution in [0.3, 0.4) is 0 Å². The van der Waals surface area contributed by atoms with Gasteiger partial charge in [-0.25, -0.2) is 0 Å². The molecule has 0 aliphatic carbocycles. The van der Waals surface area contributed by atoms with Crippen molar-refractivity contribution in [2.24, 2.45) is 0 Å². The molecular formula is C50H32. The summed E-state index contributed by atoms with van der Waals surface area (Å²) in [5, 5.41) is 12.7. The van der Waals surface area contributed by atoms with Crippen molar-refractivity contribution in [3.05, 3.63) is 194 Å². The van der Waals surface area contributed by atoms with Gasteiger partial charge in [-0.1, -0.05) is 176 Å². The Hall–Kier alpha value is -6.50. The van der Waals surface area contributed by atoms with Gasteiger partial charge in [0.15, 0.2) is 0 Å². The SMILES string of the molecule is c1cc(-c2ccc3ccc4ccccc4c3c2)cc(-c2c3ccccc3c(-c3cccc(-c4cccc5ccccc45)c3)c3ccccc23)c1. The minimum atomic E-state index is 1.22. The van der Waals surface area contributed by atoms with E-state index in [0.29, 0.717) is 0 Å². The fraction of sp³-hybridized carbons (Fsp3) is 0. The van der Waals surface area contributed by atoms with Crippen molar-refractivity contribution in [2.75, 3.05) is 0 Å². The standard InChI is InChI=1S/C50H32/c1-3-19-41-33(12-1)14-11-25-43(41)38-16-10-18-40(31-38)50-46-23-7-5-21-44(46)49(45-22-6-8-24-47(45)50)39-17-9-15-36(30-39)37-29-28-35-27-26-34-13-2-4-20-42(34)48(35)32-37/h1-32H. The van der Waals surface area contributed by atoms with Crippen LogP contribution < -0.4 is 0 Å². The molecule has 0 heteroatoms. The van der Waals surface area contributed by atoms with E-state index >= 15 is 0 Å². The highest BCUT2D eigenvalue weighted by atomic mass is 14.2. The molecule has 232 valence electrons. The van der Waals surface area contributed by atoms with Crippen molar-refractivity contribution in [3.63, 3.8) is 0 Å². The van der Waals surface area contributed by atoms with E-state index in [-0.39, 0.29) is 0 Å². The lowest BCUT2D eigenvalue weighted by atomic mass is 9.84. The average molecular weight is 633 g/mol. The molecule has 0 unspecified atom stereocenters. The molecule has 0 radical (unpaired) electrons. The molecule has 50 heavy (non-hydrogen) atoms. The molecule has 0 aromatic heterocycles. The monoisotopic (exact) mass is 632 g/mol. The third kappa shape index (κ3) is 4.61. The highest BCUT2D eigenvalue weighted by molar-refractivity contribution is 6.21. The third-order valence-electron chi connectivity index (χ3n) is 10.4. The van der Waals surface area contributed by atoms with Gasteiger partial charge in [0, 0.05) is 0 Å². The first-order chi connectivity index (χ1) is 24.8. The summed E-state index contributed by atoms with van der Waals surface area (Å²) in [6, 6.07) is 71.4.